The van der Waals surface area contributed by atoms with Gasteiger partial charge in [0.2, 0.25) is 0 Å². The Balaban J connectivity index is 2.31. The van der Waals surface area contributed by atoms with E-state index in [-0.39, 0.29) is 12.7 Å². The van der Waals surface area contributed by atoms with Crippen molar-refractivity contribution in [3.8, 4) is 0 Å². The maximum absolute atomic E-state index is 9.03. The molecule has 0 aliphatic carbocycles. The first kappa shape index (κ1) is 11.8. The molecular weight excluding hydrogens is 190 g/mol. The second-order valence-corrected chi connectivity index (χ2v) is 3.26. The van der Waals surface area contributed by atoms with Crippen LogP contribution in [0.4, 0.5) is 5.69 Å². The predicted molar refractivity (Wildman–Crippen MR) is 61.5 cm³/mol. The molecule has 0 aliphatic heterocycles. The molecule has 0 saturated carbocycles. The highest BCUT2D eigenvalue weighted by Crippen LogP contribution is 2.08. The van der Waals surface area contributed by atoms with Crippen molar-refractivity contribution in [3.63, 3.8) is 0 Å². The standard InChI is InChI=1S/C12H17NO2/c1-2-3-9-12(10-14)15-13-11-7-5-4-6-8-11/h2,4-8,12-14H,1,3,9-10H2/t12-/m1/s1. The lowest BCUT2D eigenvalue weighted by molar-refractivity contribution is 0.0422. The van der Waals surface area contributed by atoms with Crippen molar-refractivity contribution in [1.29, 1.82) is 0 Å². The summed E-state index contributed by atoms with van der Waals surface area (Å²) in [4.78, 5) is 5.33. The molecule has 3 heteroatoms. The highest BCUT2D eigenvalue weighted by molar-refractivity contribution is 5.40. The van der Waals surface area contributed by atoms with Crippen molar-refractivity contribution in [2.75, 3.05) is 12.1 Å². The summed E-state index contributed by atoms with van der Waals surface area (Å²) in [5, 5.41) is 9.03. The molecule has 0 unspecified atom stereocenters. The van der Waals surface area contributed by atoms with Gasteiger partial charge in [-0.2, -0.15) is 0 Å². The maximum Gasteiger partial charge on any atom is 0.109 e. The van der Waals surface area contributed by atoms with Gasteiger partial charge in [0, 0.05) is 0 Å². The van der Waals surface area contributed by atoms with Crippen LogP contribution < -0.4 is 5.48 Å². The van der Waals surface area contributed by atoms with Gasteiger partial charge in [-0.05, 0) is 25.0 Å². The molecule has 0 heterocycles. The van der Waals surface area contributed by atoms with E-state index < -0.39 is 0 Å². The van der Waals surface area contributed by atoms with Gasteiger partial charge in [-0.3, -0.25) is 10.3 Å². The van der Waals surface area contributed by atoms with Crippen molar-refractivity contribution in [1.82, 2.24) is 0 Å². The normalized spacial score (nSPS) is 12.1. The second-order valence-electron chi connectivity index (χ2n) is 3.26. The van der Waals surface area contributed by atoms with E-state index in [0.717, 1.165) is 18.5 Å². The summed E-state index contributed by atoms with van der Waals surface area (Å²) in [6, 6.07) is 9.59. The molecular formula is C12H17NO2. The Labute approximate surface area is 90.3 Å². The van der Waals surface area contributed by atoms with Crippen LogP contribution in [-0.2, 0) is 4.84 Å². The molecule has 0 aromatic heterocycles. The van der Waals surface area contributed by atoms with Crippen LogP contribution in [0.15, 0.2) is 43.0 Å². The smallest absolute Gasteiger partial charge is 0.109 e. The molecule has 1 rings (SSSR count). The lowest BCUT2D eigenvalue weighted by Crippen LogP contribution is -2.20. The Morgan fingerprint density at radius 3 is 2.73 bits per heavy atom. The van der Waals surface area contributed by atoms with E-state index >= 15 is 0 Å². The van der Waals surface area contributed by atoms with Gasteiger partial charge in [-0.15, -0.1) is 6.58 Å². The third-order valence-electron chi connectivity index (χ3n) is 2.01. The molecule has 15 heavy (non-hydrogen) atoms. The number of hydrogen-bond donors (Lipinski definition) is 2. The molecule has 0 amide bonds. The molecule has 82 valence electrons. The fourth-order valence-corrected chi connectivity index (χ4v) is 1.15. The van der Waals surface area contributed by atoms with Crippen molar-refractivity contribution in [3.05, 3.63) is 43.0 Å². The Morgan fingerprint density at radius 1 is 1.40 bits per heavy atom. The molecule has 1 atom stereocenters. The van der Waals surface area contributed by atoms with Crippen LogP contribution in [-0.4, -0.2) is 17.8 Å². The molecule has 2 N–H and O–H groups in total. The fraction of sp³-hybridized carbons (Fsp3) is 0.333. The average Bonchev–Trinajstić information content (AvgIpc) is 2.31. The van der Waals surface area contributed by atoms with Gasteiger partial charge >= 0.3 is 0 Å². The minimum Gasteiger partial charge on any atom is -0.394 e. The third-order valence-corrected chi connectivity index (χ3v) is 2.01. The zero-order valence-corrected chi connectivity index (χ0v) is 8.73. The third kappa shape index (κ3) is 4.63. The topological polar surface area (TPSA) is 41.5 Å². The van der Waals surface area contributed by atoms with E-state index in [2.05, 4.69) is 12.1 Å². The molecule has 0 spiro atoms. The van der Waals surface area contributed by atoms with Gasteiger partial charge in [0.05, 0.1) is 12.3 Å². The first-order valence-electron chi connectivity index (χ1n) is 5.05. The largest absolute Gasteiger partial charge is 0.394 e. The summed E-state index contributed by atoms with van der Waals surface area (Å²) in [5.41, 5.74) is 3.69. The first-order chi connectivity index (χ1) is 7.36. The van der Waals surface area contributed by atoms with Gasteiger partial charge in [-0.25, -0.2) is 0 Å². The van der Waals surface area contributed by atoms with Gasteiger partial charge in [0.1, 0.15) is 6.10 Å². The number of benzene rings is 1. The molecule has 1 aromatic rings. The quantitative estimate of drug-likeness (QED) is 0.532. The van der Waals surface area contributed by atoms with Gasteiger partial charge in [-0.1, -0.05) is 24.3 Å². The van der Waals surface area contributed by atoms with Crippen LogP contribution in [0.25, 0.3) is 0 Å². The molecule has 0 fully saturated rings. The number of aliphatic hydroxyl groups excluding tert-OH is 1. The Morgan fingerprint density at radius 2 is 2.13 bits per heavy atom. The number of nitrogens with one attached hydrogen (secondary N) is 1. The second kappa shape index (κ2) is 7.04. The van der Waals surface area contributed by atoms with Crippen LogP contribution in [0.2, 0.25) is 0 Å². The summed E-state index contributed by atoms with van der Waals surface area (Å²) in [5.74, 6) is 0. The van der Waals surface area contributed by atoms with Crippen LogP contribution in [0.3, 0.4) is 0 Å². The number of anilines is 1. The van der Waals surface area contributed by atoms with Crippen molar-refractivity contribution in [2.45, 2.75) is 18.9 Å². The monoisotopic (exact) mass is 207 g/mol. The maximum atomic E-state index is 9.03. The highest BCUT2D eigenvalue weighted by atomic mass is 16.7. The Hall–Kier alpha value is -1.32. The molecule has 0 bridgehead atoms. The first-order valence-corrected chi connectivity index (χ1v) is 5.05. The Bertz CT molecular complexity index is 274. The lowest BCUT2D eigenvalue weighted by atomic mass is 10.2. The molecule has 0 saturated heterocycles. The minimum absolute atomic E-state index is 0.00761. The zero-order chi connectivity index (χ0) is 10.9. The average molecular weight is 207 g/mol. The lowest BCUT2D eigenvalue weighted by Gasteiger charge is -2.15. The number of hydrogen-bond acceptors (Lipinski definition) is 3. The Kier molecular flexibility index (Phi) is 5.51. The van der Waals surface area contributed by atoms with E-state index in [1.165, 1.54) is 0 Å². The van der Waals surface area contributed by atoms with Crippen molar-refractivity contribution in [2.24, 2.45) is 0 Å². The summed E-state index contributed by atoms with van der Waals surface area (Å²) < 4.78 is 0. The summed E-state index contributed by atoms with van der Waals surface area (Å²) in [7, 11) is 0. The number of aliphatic hydroxyl groups is 1. The molecule has 0 radical (unpaired) electrons. The minimum atomic E-state index is -0.191. The van der Waals surface area contributed by atoms with E-state index in [0.29, 0.717) is 0 Å². The van der Waals surface area contributed by atoms with E-state index in [1.54, 1.807) is 0 Å². The van der Waals surface area contributed by atoms with E-state index in [4.69, 9.17) is 9.94 Å². The molecule has 1 aromatic carbocycles. The van der Waals surface area contributed by atoms with Crippen molar-refractivity contribution < 1.29 is 9.94 Å². The summed E-state index contributed by atoms with van der Waals surface area (Å²) in [6.07, 6.45) is 3.22. The van der Waals surface area contributed by atoms with E-state index in [9.17, 15) is 0 Å². The SMILES string of the molecule is C=CCC[C@H](CO)ONc1ccccc1. The van der Waals surface area contributed by atoms with Gasteiger partial charge in [0.25, 0.3) is 0 Å². The van der Waals surface area contributed by atoms with Crippen LogP contribution in [0.5, 0.6) is 0 Å². The molecule has 3 nitrogen and oxygen atoms in total. The summed E-state index contributed by atoms with van der Waals surface area (Å²) in [6.45, 7) is 3.64. The van der Waals surface area contributed by atoms with Crippen molar-refractivity contribution >= 4 is 5.69 Å². The van der Waals surface area contributed by atoms with Gasteiger partial charge < -0.3 is 5.11 Å². The number of para-hydroxylation sites is 1. The summed E-state index contributed by atoms with van der Waals surface area (Å²) >= 11 is 0. The number of rotatable bonds is 7. The predicted octanol–water partition coefficient (Wildman–Crippen LogP) is 2.36. The highest BCUT2D eigenvalue weighted by Gasteiger charge is 2.06. The van der Waals surface area contributed by atoms with E-state index in [1.807, 2.05) is 36.4 Å². The number of allylic oxidation sites excluding steroid dienone is 1. The zero-order valence-electron chi connectivity index (χ0n) is 8.73. The van der Waals surface area contributed by atoms with Crippen LogP contribution in [0.1, 0.15) is 12.8 Å². The fourth-order valence-electron chi connectivity index (χ4n) is 1.15. The van der Waals surface area contributed by atoms with Gasteiger partial charge in [0.15, 0.2) is 0 Å². The molecule has 0 aliphatic rings. The van der Waals surface area contributed by atoms with Crippen LogP contribution in [0, 0.1) is 0 Å². The van der Waals surface area contributed by atoms with Crippen LogP contribution >= 0.6 is 0 Å².